The van der Waals surface area contributed by atoms with E-state index < -0.39 is 35.2 Å². The molecule has 3 rings (SSSR count). The second-order valence-corrected chi connectivity index (χ2v) is 6.88. The summed E-state index contributed by atoms with van der Waals surface area (Å²) in [6.07, 6.45) is 1.14. The van der Waals surface area contributed by atoms with E-state index in [0.717, 1.165) is 6.07 Å². The summed E-state index contributed by atoms with van der Waals surface area (Å²) < 4.78 is 47.1. The van der Waals surface area contributed by atoms with Crippen molar-refractivity contribution in [3.63, 3.8) is 0 Å². The van der Waals surface area contributed by atoms with Gasteiger partial charge in [0.05, 0.1) is 12.1 Å². The molecule has 0 saturated carbocycles. The van der Waals surface area contributed by atoms with Gasteiger partial charge in [0.2, 0.25) is 5.91 Å². The normalized spacial score (nSPS) is 16.6. The van der Waals surface area contributed by atoms with Gasteiger partial charge in [-0.25, -0.2) is 18.0 Å². The fourth-order valence-electron chi connectivity index (χ4n) is 3.53. The van der Waals surface area contributed by atoms with Crippen molar-refractivity contribution in [1.29, 1.82) is 0 Å². The zero-order chi connectivity index (χ0) is 21.8. The van der Waals surface area contributed by atoms with Gasteiger partial charge in [0.1, 0.15) is 24.1 Å². The number of hydrogen-bond donors (Lipinski definition) is 0. The maximum atomic E-state index is 14.5. The summed E-state index contributed by atoms with van der Waals surface area (Å²) >= 11 is 0. The molecule has 30 heavy (non-hydrogen) atoms. The van der Waals surface area contributed by atoms with Crippen LogP contribution < -0.4 is 0 Å². The smallest absolute Gasteiger partial charge is 0.336 e. The van der Waals surface area contributed by atoms with E-state index in [2.05, 4.69) is 6.58 Å². The molecule has 1 heterocycles. The first-order chi connectivity index (χ1) is 14.3. The number of esters is 1. The van der Waals surface area contributed by atoms with Crippen LogP contribution in [0.5, 0.6) is 0 Å². The number of rotatable bonds is 6. The minimum Gasteiger partial charge on any atom is -0.458 e. The Balaban J connectivity index is 2.07. The number of hydrogen-bond acceptors (Lipinski definition) is 3. The SMILES string of the molecule is C=CCOC(=O)C1=C(C)N(Cc2ccccc2F)C(=O)C[C@H]1c1ccc(F)cc1F. The highest BCUT2D eigenvalue weighted by atomic mass is 19.1. The summed E-state index contributed by atoms with van der Waals surface area (Å²) in [4.78, 5) is 26.9. The fraction of sp³-hybridized carbons (Fsp3) is 0.217. The van der Waals surface area contributed by atoms with Crippen molar-refractivity contribution in [2.75, 3.05) is 6.61 Å². The van der Waals surface area contributed by atoms with Gasteiger partial charge >= 0.3 is 5.97 Å². The highest BCUT2D eigenvalue weighted by Gasteiger charge is 2.38. The zero-order valence-corrected chi connectivity index (χ0v) is 16.3. The number of ether oxygens (including phenoxy) is 1. The van der Waals surface area contributed by atoms with E-state index in [9.17, 15) is 22.8 Å². The molecule has 0 N–H and O–H groups in total. The molecule has 7 heteroatoms. The largest absolute Gasteiger partial charge is 0.458 e. The summed E-state index contributed by atoms with van der Waals surface area (Å²) in [6, 6.07) is 8.97. The minimum atomic E-state index is -0.952. The van der Waals surface area contributed by atoms with Crippen LogP contribution in [0.3, 0.4) is 0 Å². The van der Waals surface area contributed by atoms with Crippen molar-refractivity contribution in [2.45, 2.75) is 25.8 Å². The van der Waals surface area contributed by atoms with Crippen molar-refractivity contribution < 1.29 is 27.5 Å². The lowest BCUT2D eigenvalue weighted by Crippen LogP contribution is -2.38. The van der Waals surface area contributed by atoms with Crippen molar-refractivity contribution >= 4 is 11.9 Å². The summed E-state index contributed by atoms with van der Waals surface area (Å²) in [5.74, 6) is -4.22. The zero-order valence-electron chi connectivity index (χ0n) is 16.3. The lowest BCUT2D eigenvalue weighted by atomic mass is 9.83. The number of nitrogens with zero attached hydrogens (tertiary/aromatic N) is 1. The Morgan fingerprint density at radius 1 is 1.20 bits per heavy atom. The van der Waals surface area contributed by atoms with Gasteiger partial charge in [-0.3, -0.25) is 4.79 Å². The number of allylic oxidation sites excluding steroid dienone is 1. The molecule has 4 nitrogen and oxygen atoms in total. The Bertz CT molecular complexity index is 1030. The first kappa shape index (κ1) is 21.4. The number of amides is 1. The van der Waals surface area contributed by atoms with E-state index in [1.165, 1.54) is 42.2 Å². The molecule has 0 unspecified atom stereocenters. The van der Waals surface area contributed by atoms with Crippen molar-refractivity contribution in [2.24, 2.45) is 0 Å². The van der Waals surface area contributed by atoms with E-state index in [1.54, 1.807) is 6.07 Å². The Kier molecular flexibility index (Phi) is 6.40. The third-order valence-corrected chi connectivity index (χ3v) is 5.00. The van der Waals surface area contributed by atoms with Crippen LogP contribution in [0.25, 0.3) is 0 Å². The fourth-order valence-corrected chi connectivity index (χ4v) is 3.53. The molecule has 2 aromatic carbocycles. The molecule has 156 valence electrons. The molecule has 0 spiro atoms. The van der Waals surface area contributed by atoms with Crippen molar-refractivity contribution in [3.8, 4) is 0 Å². The summed E-state index contributed by atoms with van der Waals surface area (Å²) in [5.41, 5.74) is 0.589. The lowest BCUT2D eigenvalue weighted by molar-refractivity contribution is -0.139. The van der Waals surface area contributed by atoms with Crippen LogP contribution >= 0.6 is 0 Å². The third kappa shape index (κ3) is 4.30. The molecule has 1 amide bonds. The van der Waals surface area contributed by atoms with Crippen LogP contribution in [-0.4, -0.2) is 23.4 Å². The molecule has 0 radical (unpaired) electrons. The molecule has 2 aromatic rings. The second-order valence-electron chi connectivity index (χ2n) is 6.88. The summed E-state index contributed by atoms with van der Waals surface area (Å²) in [6.45, 7) is 4.85. The molecule has 0 aliphatic carbocycles. The highest BCUT2D eigenvalue weighted by molar-refractivity contribution is 5.96. The van der Waals surface area contributed by atoms with Crippen LogP contribution in [0.1, 0.15) is 30.4 Å². The number of benzene rings is 2. The third-order valence-electron chi connectivity index (χ3n) is 5.00. The van der Waals surface area contributed by atoms with E-state index in [-0.39, 0.29) is 42.0 Å². The van der Waals surface area contributed by atoms with Gasteiger partial charge in [0.15, 0.2) is 0 Å². The van der Waals surface area contributed by atoms with Gasteiger partial charge in [0, 0.05) is 29.7 Å². The molecule has 1 aliphatic heterocycles. The number of halogens is 3. The first-order valence-corrected chi connectivity index (χ1v) is 9.31. The standard InChI is InChI=1S/C23H20F3NO3/c1-3-10-30-23(29)22-14(2)27(13-15-6-4-5-7-19(15)25)21(28)12-18(22)17-9-8-16(24)11-20(17)26/h3-9,11,18H,1,10,12-13H2,2H3/t18-/m0/s1. The van der Waals surface area contributed by atoms with Crippen LogP contribution in [0, 0.1) is 17.5 Å². The van der Waals surface area contributed by atoms with Gasteiger partial charge in [0.25, 0.3) is 0 Å². The second kappa shape index (κ2) is 8.98. The average Bonchev–Trinajstić information content (AvgIpc) is 2.70. The Morgan fingerprint density at radius 3 is 2.60 bits per heavy atom. The quantitative estimate of drug-likeness (QED) is 0.511. The molecule has 1 atom stereocenters. The van der Waals surface area contributed by atoms with Gasteiger partial charge in [-0.05, 0) is 24.6 Å². The first-order valence-electron chi connectivity index (χ1n) is 9.31. The molecule has 0 bridgehead atoms. The van der Waals surface area contributed by atoms with Crippen LogP contribution in [0.15, 0.2) is 66.4 Å². The van der Waals surface area contributed by atoms with Gasteiger partial charge in [-0.15, -0.1) is 0 Å². The number of carbonyl (C=O) groups excluding carboxylic acids is 2. The van der Waals surface area contributed by atoms with Gasteiger partial charge in [-0.1, -0.05) is 36.9 Å². The van der Waals surface area contributed by atoms with Gasteiger partial charge < -0.3 is 9.64 Å². The minimum absolute atomic E-state index is 0.0141. The highest BCUT2D eigenvalue weighted by Crippen LogP contribution is 2.39. The predicted octanol–water partition coefficient (Wildman–Crippen LogP) is 4.62. The topological polar surface area (TPSA) is 46.6 Å². The molecular weight excluding hydrogens is 395 g/mol. The van der Waals surface area contributed by atoms with E-state index in [4.69, 9.17) is 4.74 Å². The maximum absolute atomic E-state index is 14.5. The molecule has 0 aromatic heterocycles. The van der Waals surface area contributed by atoms with Crippen molar-refractivity contribution in [3.05, 3.63) is 95.0 Å². The Labute approximate surface area is 172 Å². The van der Waals surface area contributed by atoms with E-state index in [1.807, 2.05) is 0 Å². The molecule has 0 fully saturated rings. The number of carbonyl (C=O) groups is 2. The molecule has 0 saturated heterocycles. The summed E-state index contributed by atoms with van der Waals surface area (Å²) in [7, 11) is 0. The van der Waals surface area contributed by atoms with Crippen LogP contribution in [0.2, 0.25) is 0 Å². The lowest BCUT2D eigenvalue weighted by Gasteiger charge is -2.34. The Morgan fingerprint density at radius 2 is 1.93 bits per heavy atom. The monoisotopic (exact) mass is 415 g/mol. The van der Waals surface area contributed by atoms with Crippen LogP contribution in [0.4, 0.5) is 13.2 Å². The predicted molar refractivity (Wildman–Crippen MR) is 105 cm³/mol. The maximum Gasteiger partial charge on any atom is 0.336 e. The Hall–Kier alpha value is -3.35. The summed E-state index contributed by atoms with van der Waals surface area (Å²) in [5, 5.41) is 0. The van der Waals surface area contributed by atoms with E-state index >= 15 is 0 Å². The van der Waals surface area contributed by atoms with Crippen molar-refractivity contribution in [1.82, 2.24) is 4.90 Å². The molecular formula is C23H20F3NO3. The van der Waals surface area contributed by atoms with E-state index in [0.29, 0.717) is 6.07 Å². The van der Waals surface area contributed by atoms with Gasteiger partial charge in [-0.2, -0.15) is 0 Å². The van der Waals surface area contributed by atoms with Crippen LogP contribution in [-0.2, 0) is 20.9 Å². The molecule has 1 aliphatic rings. The average molecular weight is 415 g/mol.